The highest BCUT2D eigenvalue weighted by molar-refractivity contribution is 8.14. The largest absolute Gasteiger partial charge is 0.481 e. The molecule has 0 bridgehead atoms. The summed E-state index contributed by atoms with van der Waals surface area (Å²) in [7, 11) is 0. The molecule has 8 heteroatoms. The highest BCUT2D eigenvalue weighted by Crippen LogP contribution is 2.18. The van der Waals surface area contributed by atoms with E-state index in [0.29, 0.717) is 11.3 Å². The Morgan fingerprint density at radius 2 is 1.85 bits per heavy atom. The van der Waals surface area contributed by atoms with E-state index in [1.54, 1.807) is 0 Å². The minimum absolute atomic E-state index is 0.0514. The predicted octanol–water partition coefficient (Wildman–Crippen LogP) is 2.94. The number of aliphatic carboxylic acids is 1. The van der Waals surface area contributed by atoms with E-state index in [1.807, 2.05) is 0 Å². The molecular formula is C12H11N3O4S. The summed E-state index contributed by atoms with van der Waals surface area (Å²) in [4.78, 5) is 36.0. The number of carboxylic acids is 1. The van der Waals surface area contributed by atoms with Crippen LogP contribution in [0.15, 0.2) is 29.4 Å². The average molecular weight is 293 g/mol. The predicted molar refractivity (Wildman–Crippen MR) is 73.9 cm³/mol. The van der Waals surface area contributed by atoms with Crippen molar-refractivity contribution in [2.24, 2.45) is 5.11 Å². The number of hydrogen-bond donors (Lipinski definition) is 1. The number of Topliss-reactive ketones (excluding diaryl/α,β-unsaturated/α-hetero) is 1. The van der Waals surface area contributed by atoms with Gasteiger partial charge in [0.25, 0.3) is 0 Å². The lowest BCUT2D eigenvalue weighted by Gasteiger charge is -2.01. The molecule has 1 rings (SSSR count). The maximum absolute atomic E-state index is 11.7. The van der Waals surface area contributed by atoms with Crippen LogP contribution in [-0.2, 0) is 9.59 Å². The van der Waals surface area contributed by atoms with E-state index in [1.165, 1.54) is 24.3 Å². The molecule has 0 heterocycles. The van der Waals surface area contributed by atoms with E-state index in [-0.39, 0.29) is 29.5 Å². The van der Waals surface area contributed by atoms with Crippen LogP contribution in [0.2, 0.25) is 0 Å². The van der Waals surface area contributed by atoms with Gasteiger partial charge in [-0.05, 0) is 5.53 Å². The van der Waals surface area contributed by atoms with Crippen molar-refractivity contribution in [3.63, 3.8) is 0 Å². The van der Waals surface area contributed by atoms with Gasteiger partial charge < -0.3 is 5.11 Å². The Kier molecular flexibility index (Phi) is 6.28. The quantitative estimate of drug-likeness (QED) is 0.470. The molecule has 0 spiro atoms. The number of ketones is 1. The molecule has 0 aliphatic rings. The fraction of sp³-hybridized carbons (Fsp3) is 0.250. The molecule has 7 nitrogen and oxygen atoms in total. The highest BCUT2D eigenvalue weighted by Gasteiger charge is 2.11. The molecule has 20 heavy (non-hydrogen) atoms. The SMILES string of the molecule is [N-]=[N+]=Nc1ccc(C(=O)SCC(=O)CCC(=O)O)cc1. The van der Waals surface area contributed by atoms with Crippen molar-refractivity contribution < 1.29 is 19.5 Å². The first-order valence-corrected chi connectivity index (χ1v) is 6.57. The number of carboxylic acid groups (broad SMARTS) is 1. The standard InChI is InChI=1S/C12H11N3O4S/c13-15-14-9-3-1-8(2-4-9)12(19)20-7-10(16)5-6-11(17)18/h1-4H,5-7H2,(H,17,18). The lowest BCUT2D eigenvalue weighted by atomic mass is 10.2. The van der Waals surface area contributed by atoms with Crippen LogP contribution < -0.4 is 0 Å². The average Bonchev–Trinajstić information content (AvgIpc) is 2.43. The van der Waals surface area contributed by atoms with Crippen LogP contribution in [0.1, 0.15) is 23.2 Å². The van der Waals surface area contributed by atoms with E-state index in [9.17, 15) is 14.4 Å². The molecule has 0 fully saturated rings. The van der Waals surface area contributed by atoms with Crippen molar-refractivity contribution in [1.29, 1.82) is 0 Å². The van der Waals surface area contributed by atoms with E-state index >= 15 is 0 Å². The summed E-state index contributed by atoms with van der Waals surface area (Å²) in [5.41, 5.74) is 9.02. The minimum Gasteiger partial charge on any atom is -0.481 e. The van der Waals surface area contributed by atoms with E-state index in [4.69, 9.17) is 10.6 Å². The molecule has 1 N–H and O–H groups in total. The zero-order chi connectivity index (χ0) is 15.0. The van der Waals surface area contributed by atoms with Crippen LogP contribution in [0, 0.1) is 0 Å². The molecule has 1 aromatic rings. The summed E-state index contributed by atoms with van der Waals surface area (Å²) in [6.07, 6.45) is -0.306. The second kappa shape index (κ2) is 7.98. The lowest BCUT2D eigenvalue weighted by Crippen LogP contribution is -2.07. The normalized spacial score (nSPS) is 9.60. The van der Waals surface area contributed by atoms with E-state index < -0.39 is 5.97 Å². The summed E-state index contributed by atoms with van der Waals surface area (Å²) in [6.45, 7) is 0. The van der Waals surface area contributed by atoms with Crippen molar-refractivity contribution in [3.8, 4) is 0 Å². The van der Waals surface area contributed by atoms with Gasteiger partial charge in [-0.15, -0.1) is 0 Å². The van der Waals surface area contributed by atoms with E-state index in [0.717, 1.165) is 11.8 Å². The molecule has 0 aromatic heterocycles. The zero-order valence-corrected chi connectivity index (χ0v) is 11.2. The fourth-order valence-corrected chi connectivity index (χ4v) is 2.00. The molecule has 0 amide bonds. The second-order valence-electron chi connectivity index (χ2n) is 3.74. The monoisotopic (exact) mass is 293 g/mol. The summed E-state index contributed by atoms with van der Waals surface area (Å²) in [6, 6.07) is 6.00. The van der Waals surface area contributed by atoms with Crippen molar-refractivity contribution >= 4 is 34.3 Å². The summed E-state index contributed by atoms with van der Waals surface area (Å²) in [5.74, 6) is -1.37. The van der Waals surface area contributed by atoms with Crippen molar-refractivity contribution in [2.45, 2.75) is 12.8 Å². The number of azide groups is 1. The van der Waals surface area contributed by atoms with Crippen LogP contribution >= 0.6 is 11.8 Å². The van der Waals surface area contributed by atoms with Gasteiger partial charge in [-0.1, -0.05) is 41.1 Å². The molecule has 0 saturated carbocycles. The highest BCUT2D eigenvalue weighted by atomic mass is 32.2. The van der Waals surface area contributed by atoms with Crippen LogP contribution in [0.25, 0.3) is 10.4 Å². The first-order chi connectivity index (χ1) is 9.52. The minimum atomic E-state index is -1.04. The molecule has 0 aliphatic heterocycles. The van der Waals surface area contributed by atoms with Gasteiger partial charge in [0.2, 0.25) is 5.12 Å². The van der Waals surface area contributed by atoms with Crippen molar-refractivity contribution in [2.75, 3.05) is 5.75 Å². The Hall–Kier alpha value is -2.31. The van der Waals surface area contributed by atoms with Crippen molar-refractivity contribution in [3.05, 3.63) is 40.3 Å². The van der Waals surface area contributed by atoms with Gasteiger partial charge in [-0.2, -0.15) is 0 Å². The Labute approximate surface area is 118 Å². The van der Waals surface area contributed by atoms with E-state index in [2.05, 4.69) is 10.0 Å². The summed E-state index contributed by atoms with van der Waals surface area (Å²) < 4.78 is 0. The number of carbonyl (C=O) groups is 3. The summed E-state index contributed by atoms with van der Waals surface area (Å²) in [5, 5.41) is 11.5. The molecular weight excluding hydrogens is 282 g/mol. The topological polar surface area (TPSA) is 120 Å². The number of nitrogens with zero attached hydrogens (tertiary/aromatic N) is 3. The number of rotatable bonds is 7. The molecule has 0 radical (unpaired) electrons. The van der Waals surface area contributed by atoms with Gasteiger partial charge in [0.1, 0.15) is 5.78 Å². The van der Waals surface area contributed by atoms with Crippen LogP contribution in [-0.4, -0.2) is 27.7 Å². The van der Waals surface area contributed by atoms with Gasteiger partial charge in [0, 0.05) is 22.6 Å². The smallest absolute Gasteiger partial charge is 0.303 e. The van der Waals surface area contributed by atoms with Crippen LogP contribution in [0.3, 0.4) is 0 Å². The summed E-state index contributed by atoms with van der Waals surface area (Å²) >= 11 is 0.824. The Morgan fingerprint density at radius 1 is 1.20 bits per heavy atom. The Morgan fingerprint density at radius 3 is 2.40 bits per heavy atom. The van der Waals surface area contributed by atoms with Crippen LogP contribution in [0.4, 0.5) is 5.69 Å². The molecule has 0 unspecified atom stereocenters. The number of carbonyl (C=O) groups excluding carboxylic acids is 2. The number of hydrogen-bond acceptors (Lipinski definition) is 5. The third-order valence-corrected chi connectivity index (χ3v) is 3.21. The molecule has 104 valence electrons. The number of benzene rings is 1. The molecule has 0 saturated heterocycles. The molecule has 0 aliphatic carbocycles. The molecule has 1 aromatic carbocycles. The number of thioether (sulfide) groups is 1. The zero-order valence-electron chi connectivity index (χ0n) is 10.4. The van der Waals surface area contributed by atoms with Gasteiger partial charge in [-0.25, -0.2) is 0 Å². The van der Waals surface area contributed by atoms with Gasteiger partial charge >= 0.3 is 5.97 Å². The van der Waals surface area contributed by atoms with Gasteiger partial charge in [0.15, 0.2) is 0 Å². The Bertz CT molecular complexity index is 565. The van der Waals surface area contributed by atoms with Gasteiger partial charge in [0.05, 0.1) is 12.2 Å². The van der Waals surface area contributed by atoms with Crippen LogP contribution in [0.5, 0.6) is 0 Å². The second-order valence-corrected chi connectivity index (χ2v) is 4.69. The maximum atomic E-state index is 11.7. The van der Waals surface area contributed by atoms with Crippen molar-refractivity contribution in [1.82, 2.24) is 0 Å². The Balaban J connectivity index is 2.48. The lowest BCUT2D eigenvalue weighted by molar-refractivity contribution is -0.138. The van der Waals surface area contributed by atoms with Gasteiger partial charge in [-0.3, -0.25) is 14.4 Å². The third-order valence-electron chi connectivity index (χ3n) is 2.25. The maximum Gasteiger partial charge on any atom is 0.303 e. The molecule has 0 atom stereocenters. The first-order valence-electron chi connectivity index (χ1n) is 5.58. The fourth-order valence-electron chi connectivity index (χ4n) is 1.26. The first kappa shape index (κ1) is 15.7. The third kappa shape index (κ3) is 5.55.